The molecule has 0 fully saturated rings. The van der Waals surface area contributed by atoms with Crippen molar-refractivity contribution in [2.75, 3.05) is 10.6 Å². The van der Waals surface area contributed by atoms with Crippen molar-refractivity contribution in [3.05, 3.63) is 105 Å². The molecule has 5 nitrogen and oxygen atoms in total. The molecule has 0 radical (unpaired) electrons. The van der Waals surface area contributed by atoms with Crippen molar-refractivity contribution < 1.29 is 4.39 Å². The molecular weight excluding hydrogens is 369 g/mol. The van der Waals surface area contributed by atoms with Crippen molar-refractivity contribution in [3.63, 3.8) is 0 Å². The van der Waals surface area contributed by atoms with Crippen LogP contribution in [-0.2, 0) is 0 Å². The van der Waals surface area contributed by atoms with E-state index in [9.17, 15) is 14.0 Å². The Morgan fingerprint density at radius 3 is 2.41 bits per heavy atom. The summed E-state index contributed by atoms with van der Waals surface area (Å²) in [5, 5.41) is 6.12. The van der Waals surface area contributed by atoms with Crippen molar-refractivity contribution in [2.45, 2.75) is 13.0 Å². The lowest BCUT2D eigenvalue weighted by molar-refractivity contribution is 0.628. The standard InChI is InChI=1S/C23H18FN3O2/c1-14(15-6-3-2-4-7-15)26-20-21(23(29)22(20)28)27-18-10-11-25-19(13-18)16-8-5-9-17(24)12-16/h2-14,26H,1H3,(H,25,27)/t14-/m1/s1. The van der Waals surface area contributed by atoms with Crippen molar-refractivity contribution in [2.24, 2.45) is 0 Å². The zero-order chi connectivity index (χ0) is 20.4. The maximum Gasteiger partial charge on any atom is 0.253 e. The molecule has 144 valence electrons. The smallest absolute Gasteiger partial charge is 0.253 e. The number of rotatable bonds is 6. The minimum absolute atomic E-state index is 0.139. The Bertz CT molecular complexity index is 1230. The van der Waals surface area contributed by atoms with Crippen LogP contribution < -0.4 is 21.5 Å². The molecule has 0 spiro atoms. The van der Waals surface area contributed by atoms with Gasteiger partial charge in [0.1, 0.15) is 17.2 Å². The fourth-order valence-corrected chi connectivity index (χ4v) is 3.15. The number of anilines is 3. The van der Waals surface area contributed by atoms with Gasteiger partial charge in [-0.25, -0.2) is 4.39 Å². The summed E-state index contributed by atoms with van der Waals surface area (Å²) in [6, 6.07) is 19.0. The summed E-state index contributed by atoms with van der Waals surface area (Å²) in [5.74, 6) is -0.355. The topological polar surface area (TPSA) is 71.1 Å². The molecule has 2 N–H and O–H groups in total. The van der Waals surface area contributed by atoms with Gasteiger partial charge in [-0.05, 0) is 36.8 Å². The third-order valence-electron chi connectivity index (χ3n) is 4.72. The van der Waals surface area contributed by atoms with Crippen molar-refractivity contribution in [1.29, 1.82) is 0 Å². The summed E-state index contributed by atoms with van der Waals surface area (Å²) in [7, 11) is 0. The van der Waals surface area contributed by atoms with Crippen LogP contribution >= 0.6 is 0 Å². The maximum absolute atomic E-state index is 13.5. The SMILES string of the molecule is C[C@@H](Nc1c(Nc2ccnc(-c3cccc(F)c3)c2)c(=O)c1=O)c1ccccc1. The van der Waals surface area contributed by atoms with Gasteiger partial charge in [0.2, 0.25) is 0 Å². The van der Waals surface area contributed by atoms with Crippen LogP contribution in [0.1, 0.15) is 18.5 Å². The van der Waals surface area contributed by atoms with Crippen LogP contribution in [-0.4, -0.2) is 4.98 Å². The normalized spacial score (nSPS) is 11.9. The van der Waals surface area contributed by atoms with E-state index in [1.807, 2.05) is 37.3 Å². The first kappa shape index (κ1) is 18.6. The molecule has 0 saturated heterocycles. The van der Waals surface area contributed by atoms with E-state index < -0.39 is 10.9 Å². The first-order valence-electron chi connectivity index (χ1n) is 9.17. The lowest BCUT2D eigenvalue weighted by Crippen LogP contribution is -2.37. The molecule has 29 heavy (non-hydrogen) atoms. The third kappa shape index (κ3) is 3.78. The molecule has 0 aliphatic rings. The van der Waals surface area contributed by atoms with Gasteiger partial charge < -0.3 is 10.6 Å². The lowest BCUT2D eigenvalue weighted by atomic mass is 10.1. The van der Waals surface area contributed by atoms with Gasteiger partial charge in [-0.3, -0.25) is 14.6 Å². The first-order valence-corrected chi connectivity index (χ1v) is 9.17. The molecule has 4 rings (SSSR count). The summed E-state index contributed by atoms with van der Waals surface area (Å²) < 4.78 is 13.5. The van der Waals surface area contributed by atoms with E-state index in [4.69, 9.17) is 0 Å². The van der Waals surface area contributed by atoms with Gasteiger partial charge in [-0.15, -0.1) is 0 Å². The molecule has 0 unspecified atom stereocenters. The Morgan fingerprint density at radius 2 is 1.66 bits per heavy atom. The van der Waals surface area contributed by atoms with Gasteiger partial charge in [0.25, 0.3) is 10.9 Å². The molecule has 0 aliphatic heterocycles. The Kier molecular flexibility index (Phi) is 4.91. The number of benzene rings is 2. The molecule has 0 bridgehead atoms. The average molecular weight is 387 g/mol. The molecule has 1 atom stereocenters. The summed E-state index contributed by atoms with van der Waals surface area (Å²) in [6.45, 7) is 1.92. The lowest BCUT2D eigenvalue weighted by Gasteiger charge is -2.20. The summed E-state index contributed by atoms with van der Waals surface area (Å²) in [6.07, 6.45) is 1.56. The second-order valence-corrected chi connectivity index (χ2v) is 6.75. The highest BCUT2D eigenvalue weighted by molar-refractivity contribution is 5.80. The Morgan fingerprint density at radius 1 is 0.897 bits per heavy atom. The predicted molar refractivity (Wildman–Crippen MR) is 113 cm³/mol. The first-order chi connectivity index (χ1) is 14.0. The van der Waals surface area contributed by atoms with E-state index in [-0.39, 0.29) is 23.2 Å². The third-order valence-corrected chi connectivity index (χ3v) is 4.72. The highest BCUT2D eigenvalue weighted by Gasteiger charge is 2.23. The average Bonchev–Trinajstić information content (AvgIpc) is 2.76. The van der Waals surface area contributed by atoms with E-state index in [0.717, 1.165) is 5.56 Å². The molecule has 4 aromatic rings. The number of hydrogen-bond acceptors (Lipinski definition) is 5. The minimum Gasteiger partial charge on any atom is -0.373 e. The van der Waals surface area contributed by atoms with Crippen LogP contribution in [0.15, 0.2) is 82.5 Å². The van der Waals surface area contributed by atoms with Crippen LogP contribution in [0.25, 0.3) is 11.3 Å². The van der Waals surface area contributed by atoms with E-state index in [0.29, 0.717) is 16.9 Å². The fraction of sp³-hybridized carbons (Fsp3) is 0.0870. The van der Waals surface area contributed by atoms with E-state index >= 15 is 0 Å². The van der Waals surface area contributed by atoms with Crippen molar-refractivity contribution >= 4 is 17.1 Å². The van der Waals surface area contributed by atoms with E-state index in [2.05, 4.69) is 15.6 Å². The van der Waals surface area contributed by atoms with Crippen LogP contribution in [0.5, 0.6) is 0 Å². The van der Waals surface area contributed by atoms with Crippen molar-refractivity contribution in [1.82, 2.24) is 4.98 Å². The molecule has 0 amide bonds. The van der Waals surface area contributed by atoms with Crippen LogP contribution in [0.2, 0.25) is 0 Å². The summed E-state index contributed by atoms with van der Waals surface area (Å²) in [4.78, 5) is 28.5. The molecule has 0 saturated carbocycles. The summed E-state index contributed by atoms with van der Waals surface area (Å²) >= 11 is 0. The maximum atomic E-state index is 13.5. The van der Waals surface area contributed by atoms with E-state index in [1.165, 1.54) is 12.1 Å². The van der Waals surface area contributed by atoms with Crippen LogP contribution in [0.3, 0.4) is 0 Å². The quantitative estimate of drug-likeness (QED) is 0.480. The number of halogens is 1. The largest absolute Gasteiger partial charge is 0.373 e. The monoisotopic (exact) mass is 387 g/mol. The van der Waals surface area contributed by atoms with Gasteiger partial charge in [0.15, 0.2) is 0 Å². The van der Waals surface area contributed by atoms with Crippen molar-refractivity contribution in [3.8, 4) is 11.3 Å². The number of nitrogens with zero attached hydrogens (tertiary/aromatic N) is 1. The molecule has 0 aliphatic carbocycles. The predicted octanol–water partition coefficient (Wildman–Crippen LogP) is 4.40. The number of aromatic nitrogens is 1. The molecule has 1 heterocycles. The Labute approximate surface area is 166 Å². The van der Waals surface area contributed by atoms with Crippen LogP contribution in [0.4, 0.5) is 21.5 Å². The number of pyridine rings is 1. The second-order valence-electron chi connectivity index (χ2n) is 6.75. The Hall–Kier alpha value is -3.80. The zero-order valence-corrected chi connectivity index (χ0v) is 15.6. The van der Waals surface area contributed by atoms with Gasteiger partial charge in [0.05, 0.1) is 5.69 Å². The van der Waals surface area contributed by atoms with Gasteiger partial charge in [-0.2, -0.15) is 0 Å². The highest BCUT2D eigenvalue weighted by atomic mass is 19.1. The molecule has 6 heteroatoms. The molecule has 3 aromatic carbocycles. The van der Waals surface area contributed by atoms with E-state index in [1.54, 1.807) is 30.5 Å². The Balaban J connectivity index is 1.58. The van der Waals surface area contributed by atoms with Crippen LogP contribution in [0, 0.1) is 5.82 Å². The molecular formula is C23H18FN3O2. The molecule has 1 aromatic heterocycles. The second kappa shape index (κ2) is 7.67. The zero-order valence-electron chi connectivity index (χ0n) is 15.6. The van der Waals surface area contributed by atoms with Gasteiger partial charge in [-0.1, -0.05) is 42.5 Å². The van der Waals surface area contributed by atoms with Gasteiger partial charge in [0, 0.05) is 23.5 Å². The minimum atomic E-state index is -0.572. The highest BCUT2D eigenvalue weighted by Crippen LogP contribution is 2.27. The fourth-order valence-electron chi connectivity index (χ4n) is 3.15. The number of hydrogen-bond donors (Lipinski definition) is 2. The summed E-state index contributed by atoms with van der Waals surface area (Å²) in [5.41, 5.74) is 2.12. The number of nitrogens with one attached hydrogen (secondary N) is 2. The van der Waals surface area contributed by atoms with Gasteiger partial charge >= 0.3 is 0 Å².